The highest BCUT2D eigenvalue weighted by Crippen LogP contribution is 2.51. The maximum atomic E-state index is 12.5. The van der Waals surface area contributed by atoms with Crippen molar-refractivity contribution >= 4 is 41.0 Å². The van der Waals surface area contributed by atoms with E-state index in [-0.39, 0.29) is 42.1 Å². The Hall–Kier alpha value is -2.81. The average Bonchev–Trinajstić information content (AvgIpc) is 3.26. The Bertz CT molecular complexity index is 971. The van der Waals surface area contributed by atoms with Crippen molar-refractivity contribution in [2.75, 3.05) is 11.9 Å². The molecule has 1 aromatic carbocycles. The molecule has 1 aliphatic carbocycles. The summed E-state index contributed by atoms with van der Waals surface area (Å²) in [6.45, 7) is 0.244. The molecular formula is C19H18N4O4S. The topological polar surface area (TPSA) is 109 Å². The number of allylic oxidation sites excluding steroid dienone is 1. The van der Waals surface area contributed by atoms with E-state index < -0.39 is 5.91 Å². The summed E-state index contributed by atoms with van der Waals surface area (Å²) >= 11 is 1.62. The van der Waals surface area contributed by atoms with Gasteiger partial charge in [0.15, 0.2) is 12.4 Å². The first kappa shape index (κ1) is 17.3. The minimum Gasteiger partial charge on any atom is -0.482 e. The molecule has 144 valence electrons. The summed E-state index contributed by atoms with van der Waals surface area (Å²) < 4.78 is 5.32. The first-order chi connectivity index (χ1) is 13.6. The summed E-state index contributed by atoms with van der Waals surface area (Å²) in [5.41, 5.74) is 2.58. The second kappa shape index (κ2) is 6.66. The van der Waals surface area contributed by atoms with E-state index in [9.17, 15) is 14.4 Å². The van der Waals surface area contributed by atoms with Crippen LogP contribution in [0.4, 0.5) is 5.69 Å². The van der Waals surface area contributed by atoms with Gasteiger partial charge in [0, 0.05) is 6.54 Å². The number of hydrogen-bond donors (Lipinski definition) is 3. The number of carbonyl (C=O) groups excluding carboxylic acids is 3. The van der Waals surface area contributed by atoms with Gasteiger partial charge in [-0.3, -0.25) is 14.4 Å². The fourth-order valence-electron chi connectivity index (χ4n) is 3.95. The highest BCUT2D eigenvalue weighted by molar-refractivity contribution is 8.04. The van der Waals surface area contributed by atoms with E-state index in [1.54, 1.807) is 23.9 Å². The van der Waals surface area contributed by atoms with E-state index >= 15 is 0 Å². The maximum absolute atomic E-state index is 12.5. The predicted octanol–water partition coefficient (Wildman–Crippen LogP) is 1.29. The SMILES string of the molecule is O=C1COc2ccc(CNC(=O)C3=NC4SC5=C(CCC5)C4C(=O)N3)cc2N1. The van der Waals surface area contributed by atoms with Crippen molar-refractivity contribution in [2.45, 2.75) is 31.2 Å². The van der Waals surface area contributed by atoms with Crippen LogP contribution in [0.5, 0.6) is 5.75 Å². The van der Waals surface area contributed by atoms with Gasteiger partial charge in [0.25, 0.3) is 11.8 Å². The number of hydrogen-bond acceptors (Lipinski definition) is 6. The third kappa shape index (κ3) is 2.95. The number of benzene rings is 1. The second-order valence-electron chi connectivity index (χ2n) is 7.11. The number of amides is 3. The summed E-state index contributed by atoms with van der Waals surface area (Å²) in [5, 5.41) is 7.95. The van der Waals surface area contributed by atoms with E-state index in [1.807, 2.05) is 6.07 Å². The molecular weight excluding hydrogens is 380 g/mol. The Morgan fingerprint density at radius 1 is 1.29 bits per heavy atom. The molecule has 2 unspecified atom stereocenters. The molecule has 3 N–H and O–H groups in total. The average molecular weight is 398 g/mol. The number of nitrogens with zero attached hydrogens (tertiary/aromatic N) is 1. The minimum atomic E-state index is -0.419. The molecule has 8 nitrogen and oxygen atoms in total. The van der Waals surface area contributed by atoms with E-state index in [0.717, 1.165) is 24.8 Å². The van der Waals surface area contributed by atoms with Crippen molar-refractivity contribution in [3.8, 4) is 5.75 Å². The van der Waals surface area contributed by atoms with Crippen LogP contribution in [-0.4, -0.2) is 35.5 Å². The first-order valence-electron chi connectivity index (χ1n) is 9.19. The van der Waals surface area contributed by atoms with Crippen molar-refractivity contribution < 1.29 is 19.1 Å². The number of nitrogens with one attached hydrogen (secondary N) is 3. The Morgan fingerprint density at radius 2 is 2.18 bits per heavy atom. The predicted molar refractivity (Wildman–Crippen MR) is 104 cm³/mol. The number of aliphatic imine (C=N–C) groups is 1. The van der Waals surface area contributed by atoms with E-state index in [4.69, 9.17) is 4.74 Å². The highest BCUT2D eigenvalue weighted by Gasteiger charge is 2.45. The molecule has 2 atom stereocenters. The molecule has 1 aromatic rings. The van der Waals surface area contributed by atoms with Crippen LogP contribution in [0.3, 0.4) is 0 Å². The van der Waals surface area contributed by atoms with Gasteiger partial charge in [-0.2, -0.15) is 0 Å². The van der Waals surface area contributed by atoms with Crippen molar-refractivity contribution in [1.29, 1.82) is 0 Å². The normalized spacial score (nSPS) is 25.1. The van der Waals surface area contributed by atoms with Gasteiger partial charge >= 0.3 is 0 Å². The van der Waals surface area contributed by atoms with Crippen LogP contribution in [0.25, 0.3) is 0 Å². The summed E-state index contributed by atoms with van der Waals surface area (Å²) in [6.07, 6.45) is 3.06. The molecule has 3 aliphatic heterocycles. The summed E-state index contributed by atoms with van der Waals surface area (Å²) in [6, 6.07) is 5.32. The lowest BCUT2D eigenvalue weighted by atomic mass is 9.96. The molecule has 5 rings (SSSR count). The van der Waals surface area contributed by atoms with Gasteiger partial charge in [0.1, 0.15) is 11.1 Å². The van der Waals surface area contributed by atoms with Crippen molar-refractivity contribution in [3.05, 3.63) is 34.2 Å². The maximum Gasteiger partial charge on any atom is 0.287 e. The fourth-order valence-corrected chi connectivity index (χ4v) is 5.47. The lowest BCUT2D eigenvalue weighted by Crippen LogP contribution is -2.50. The number of rotatable bonds is 3. The standard InChI is InChI=1S/C19H18N4O4S/c24-14-8-27-12-5-4-9(6-11(12)21-14)7-20-18(26)16-22-17(25)15-10-2-1-3-13(10)28-19(15)23-16/h4-6,15,19H,1-3,7-8H2,(H,20,26)(H,21,24)(H,22,23,25). The molecule has 0 spiro atoms. The van der Waals surface area contributed by atoms with Crippen LogP contribution >= 0.6 is 11.8 Å². The van der Waals surface area contributed by atoms with E-state index in [0.29, 0.717) is 11.4 Å². The highest BCUT2D eigenvalue weighted by atomic mass is 32.2. The van der Waals surface area contributed by atoms with Gasteiger partial charge in [-0.05, 0) is 47.4 Å². The van der Waals surface area contributed by atoms with Crippen LogP contribution in [-0.2, 0) is 20.9 Å². The van der Waals surface area contributed by atoms with Crippen LogP contribution in [0.2, 0.25) is 0 Å². The zero-order valence-electron chi connectivity index (χ0n) is 14.9. The zero-order valence-corrected chi connectivity index (χ0v) is 15.7. The molecule has 0 bridgehead atoms. The number of ether oxygens (including phenoxy) is 1. The largest absolute Gasteiger partial charge is 0.482 e. The molecule has 0 saturated carbocycles. The molecule has 0 saturated heterocycles. The van der Waals surface area contributed by atoms with Gasteiger partial charge in [-0.1, -0.05) is 6.07 Å². The molecule has 28 heavy (non-hydrogen) atoms. The Labute approximate surface area is 165 Å². The quantitative estimate of drug-likeness (QED) is 0.711. The minimum absolute atomic E-state index is 0.00105. The van der Waals surface area contributed by atoms with Gasteiger partial charge < -0.3 is 20.7 Å². The fraction of sp³-hybridized carbons (Fsp3) is 0.368. The second-order valence-corrected chi connectivity index (χ2v) is 8.32. The van der Waals surface area contributed by atoms with Gasteiger partial charge in [-0.15, -0.1) is 11.8 Å². The van der Waals surface area contributed by atoms with Crippen LogP contribution < -0.4 is 20.7 Å². The summed E-state index contributed by atoms with van der Waals surface area (Å²) in [7, 11) is 0. The Morgan fingerprint density at radius 3 is 3.07 bits per heavy atom. The number of fused-ring (bicyclic) bond motifs is 3. The Balaban J connectivity index is 1.26. The van der Waals surface area contributed by atoms with E-state index in [2.05, 4.69) is 20.9 Å². The number of carbonyl (C=O) groups is 3. The number of anilines is 1. The zero-order chi connectivity index (χ0) is 19.3. The molecule has 9 heteroatoms. The van der Waals surface area contributed by atoms with Gasteiger partial charge in [0.05, 0.1) is 11.6 Å². The van der Waals surface area contributed by atoms with Gasteiger partial charge in [-0.25, -0.2) is 4.99 Å². The smallest absolute Gasteiger partial charge is 0.287 e. The lowest BCUT2D eigenvalue weighted by Gasteiger charge is -2.25. The molecule has 0 radical (unpaired) electrons. The third-order valence-electron chi connectivity index (χ3n) is 5.26. The molecule has 0 aromatic heterocycles. The van der Waals surface area contributed by atoms with Gasteiger partial charge in [0.2, 0.25) is 5.91 Å². The third-order valence-corrected chi connectivity index (χ3v) is 6.63. The van der Waals surface area contributed by atoms with Crippen molar-refractivity contribution in [3.63, 3.8) is 0 Å². The Kier molecular flexibility index (Phi) is 4.12. The summed E-state index contributed by atoms with van der Waals surface area (Å²) in [5.74, 6) is -0.339. The number of amidine groups is 1. The van der Waals surface area contributed by atoms with Crippen LogP contribution in [0.15, 0.2) is 33.7 Å². The monoisotopic (exact) mass is 398 g/mol. The molecule has 3 heterocycles. The van der Waals surface area contributed by atoms with E-state index in [1.165, 1.54) is 10.5 Å². The van der Waals surface area contributed by atoms with Crippen molar-refractivity contribution in [2.24, 2.45) is 10.9 Å². The van der Waals surface area contributed by atoms with Crippen molar-refractivity contribution in [1.82, 2.24) is 10.6 Å². The first-order valence-corrected chi connectivity index (χ1v) is 10.1. The van der Waals surface area contributed by atoms with Crippen LogP contribution in [0.1, 0.15) is 24.8 Å². The molecule has 0 fully saturated rings. The molecule has 4 aliphatic rings. The molecule has 3 amide bonds. The lowest BCUT2D eigenvalue weighted by molar-refractivity contribution is -0.124. The number of thioether (sulfide) groups is 1. The van der Waals surface area contributed by atoms with Crippen LogP contribution in [0, 0.1) is 5.92 Å². The summed E-state index contributed by atoms with van der Waals surface area (Å²) in [4.78, 5) is 42.2.